The summed E-state index contributed by atoms with van der Waals surface area (Å²) in [5.41, 5.74) is 2.94. The van der Waals surface area contributed by atoms with Gasteiger partial charge in [0.05, 0.1) is 16.2 Å². The van der Waals surface area contributed by atoms with Crippen LogP contribution in [0.1, 0.15) is 0 Å². The van der Waals surface area contributed by atoms with E-state index in [0.29, 0.717) is 15.7 Å². The van der Waals surface area contributed by atoms with Gasteiger partial charge < -0.3 is 4.98 Å². The van der Waals surface area contributed by atoms with Gasteiger partial charge in [0.2, 0.25) is 6.20 Å². The number of hydrogen-bond acceptors (Lipinski definition) is 1. The molecule has 0 saturated heterocycles. The molecule has 104 valence electrons. The number of nitrogens with zero attached hydrogens (tertiary/aromatic N) is 1. The molecular weight excluding hydrogens is 307 g/mol. The Labute approximate surface area is 131 Å². The van der Waals surface area contributed by atoms with Crippen molar-refractivity contribution in [2.45, 2.75) is 0 Å². The van der Waals surface area contributed by atoms with Gasteiger partial charge in [-0.2, -0.15) is 0 Å². The maximum absolute atomic E-state index is 12.2. The summed E-state index contributed by atoms with van der Waals surface area (Å²) in [7, 11) is 0. The quantitative estimate of drug-likeness (QED) is 0.691. The molecule has 1 heterocycles. The Morgan fingerprint density at radius 1 is 0.810 bits per heavy atom. The molecule has 0 aliphatic heterocycles. The standard InChI is InChI=1S/C16H11Cl2N2O/c17-13-5-1-11(2-6-13)15-16(20(21)10-9-19-15)12-3-7-14(18)8-4-12/h1-10H,(H,19,21)/q+1. The molecule has 0 radical (unpaired) electrons. The van der Waals surface area contributed by atoms with Gasteiger partial charge in [-0.25, -0.2) is 0 Å². The summed E-state index contributed by atoms with van der Waals surface area (Å²) in [5, 5.41) is 1.28. The predicted molar refractivity (Wildman–Crippen MR) is 85.1 cm³/mol. The zero-order valence-corrected chi connectivity index (χ0v) is 12.4. The average Bonchev–Trinajstić information content (AvgIpc) is 2.49. The normalized spacial score (nSPS) is 10.6. The summed E-state index contributed by atoms with van der Waals surface area (Å²) in [6, 6.07) is 14.5. The number of aromatic amines is 1. The zero-order valence-electron chi connectivity index (χ0n) is 10.9. The molecule has 5 heteroatoms. The topological polar surface area (TPSA) is 38.8 Å². The predicted octanol–water partition coefficient (Wildman–Crippen LogP) is 4.57. The van der Waals surface area contributed by atoms with Gasteiger partial charge in [-0.1, -0.05) is 35.3 Å². The molecule has 1 N–H and O–H groups in total. The van der Waals surface area contributed by atoms with E-state index in [1.165, 1.54) is 6.20 Å². The van der Waals surface area contributed by atoms with Gasteiger partial charge in [0.25, 0.3) is 5.69 Å². The highest BCUT2D eigenvalue weighted by atomic mass is 35.5. The van der Waals surface area contributed by atoms with Crippen LogP contribution in [0, 0.1) is 4.91 Å². The maximum Gasteiger partial charge on any atom is 0.293 e. The number of benzene rings is 2. The molecule has 0 aliphatic carbocycles. The second kappa shape index (κ2) is 5.72. The van der Waals surface area contributed by atoms with Crippen LogP contribution < -0.4 is 4.43 Å². The van der Waals surface area contributed by atoms with Crippen molar-refractivity contribution in [1.82, 2.24) is 4.98 Å². The first kappa shape index (κ1) is 13.9. The molecule has 0 spiro atoms. The van der Waals surface area contributed by atoms with E-state index in [1.807, 2.05) is 24.3 Å². The van der Waals surface area contributed by atoms with E-state index in [2.05, 4.69) is 4.98 Å². The average molecular weight is 318 g/mol. The van der Waals surface area contributed by atoms with Crippen molar-refractivity contribution in [3.8, 4) is 22.5 Å². The molecule has 2 aromatic carbocycles. The lowest BCUT2D eigenvalue weighted by molar-refractivity contribution is -0.482. The van der Waals surface area contributed by atoms with Crippen molar-refractivity contribution < 1.29 is 4.43 Å². The van der Waals surface area contributed by atoms with Crippen molar-refractivity contribution in [1.29, 1.82) is 0 Å². The van der Waals surface area contributed by atoms with Crippen LogP contribution in [0.2, 0.25) is 10.0 Å². The van der Waals surface area contributed by atoms with Gasteiger partial charge in [-0.3, -0.25) is 0 Å². The lowest BCUT2D eigenvalue weighted by atomic mass is 10.0. The summed E-state index contributed by atoms with van der Waals surface area (Å²) < 4.78 is 0.837. The molecule has 0 saturated carbocycles. The van der Waals surface area contributed by atoms with Crippen molar-refractivity contribution in [3.05, 3.63) is 75.9 Å². The summed E-state index contributed by atoms with van der Waals surface area (Å²) in [6.07, 6.45) is 3.04. The van der Waals surface area contributed by atoms with Crippen molar-refractivity contribution in [2.24, 2.45) is 0 Å². The Morgan fingerprint density at radius 2 is 1.33 bits per heavy atom. The van der Waals surface area contributed by atoms with Crippen molar-refractivity contribution >= 4 is 23.2 Å². The molecule has 0 bridgehead atoms. The van der Waals surface area contributed by atoms with Crippen LogP contribution in [0.4, 0.5) is 0 Å². The first-order valence-electron chi connectivity index (χ1n) is 6.31. The number of rotatable bonds is 2. The molecule has 0 unspecified atom stereocenters. The molecule has 0 amide bonds. The van der Waals surface area contributed by atoms with Crippen LogP contribution in [-0.4, -0.2) is 4.98 Å². The third-order valence-corrected chi connectivity index (χ3v) is 3.65. The monoisotopic (exact) mass is 317 g/mol. The van der Waals surface area contributed by atoms with E-state index in [0.717, 1.165) is 21.2 Å². The lowest BCUT2D eigenvalue weighted by Gasteiger charge is -2.03. The molecule has 21 heavy (non-hydrogen) atoms. The molecule has 0 aliphatic rings. The minimum atomic E-state index is 0.538. The fourth-order valence-electron chi connectivity index (χ4n) is 2.16. The molecule has 0 atom stereocenters. The van der Waals surface area contributed by atoms with Crippen LogP contribution in [0.5, 0.6) is 0 Å². The smallest absolute Gasteiger partial charge is 0.293 e. The van der Waals surface area contributed by atoms with Crippen molar-refractivity contribution in [3.63, 3.8) is 0 Å². The second-order valence-corrected chi connectivity index (χ2v) is 5.40. The number of halogens is 2. The highest BCUT2D eigenvalue weighted by Gasteiger charge is 2.19. The summed E-state index contributed by atoms with van der Waals surface area (Å²) in [5.74, 6) is 0. The van der Waals surface area contributed by atoms with E-state index in [4.69, 9.17) is 23.2 Å². The SMILES string of the molecule is O=[n+]1cc[nH]c(-c2ccc(Cl)cc2)c1-c1ccc(Cl)cc1. The molecule has 3 rings (SSSR count). The number of nitrogens with one attached hydrogen (secondary N) is 1. The zero-order chi connectivity index (χ0) is 14.8. The highest BCUT2D eigenvalue weighted by molar-refractivity contribution is 6.31. The van der Waals surface area contributed by atoms with Crippen LogP contribution in [0.3, 0.4) is 0 Å². The van der Waals surface area contributed by atoms with Gasteiger partial charge >= 0.3 is 0 Å². The van der Waals surface area contributed by atoms with Gasteiger partial charge in [-0.15, -0.1) is 0 Å². The van der Waals surface area contributed by atoms with Crippen molar-refractivity contribution in [2.75, 3.05) is 0 Å². The van der Waals surface area contributed by atoms with Gasteiger partial charge in [0.1, 0.15) is 5.69 Å². The largest absolute Gasteiger partial charge is 0.350 e. The summed E-state index contributed by atoms with van der Waals surface area (Å²) in [4.78, 5) is 15.3. The fraction of sp³-hybridized carbons (Fsp3) is 0. The molecule has 1 aromatic heterocycles. The van der Waals surface area contributed by atoms with Crippen LogP contribution in [-0.2, 0) is 0 Å². The Kier molecular flexibility index (Phi) is 3.78. The number of H-pyrrole nitrogens is 1. The van der Waals surface area contributed by atoms with E-state index >= 15 is 0 Å². The number of aromatic nitrogens is 2. The first-order chi connectivity index (χ1) is 10.1. The third kappa shape index (κ3) is 2.84. The summed E-state index contributed by atoms with van der Waals surface area (Å²) in [6.45, 7) is 0. The fourth-order valence-corrected chi connectivity index (χ4v) is 2.41. The maximum atomic E-state index is 12.2. The van der Waals surface area contributed by atoms with E-state index in [1.54, 1.807) is 30.5 Å². The lowest BCUT2D eigenvalue weighted by Crippen LogP contribution is -2.18. The molecule has 3 nitrogen and oxygen atoms in total. The minimum absolute atomic E-state index is 0.538. The Balaban J connectivity index is 2.22. The van der Waals surface area contributed by atoms with Gasteiger partial charge in [0, 0.05) is 20.5 Å². The Morgan fingerprint density at radius 3 is 1.90 bits per heavy atom. The summed E-state index contributed by atoms with van der Waals surface area (Å²) >= 11 is 11.8. The minimum Gasteiger partial charge on any atom is -0.350 e. The molecule has 3 aromatic rings. The van der Waals surface area contributed by atoms with E-state index < -0.39 is 0 Å². The first-order valence-corrected chi connectivity index (χ1v) is 7.06. The molecular formula is C16H11Cl2N2O+. The van der Waals surface area contributed by atoms with Gasteiger partial charge in [0.15, 0.2) is 0 Å². The van der Waals surface area contributed by atoms with E-state index in [-0.39, 0.29) is 0 Å². The van der Waals surface area contributed by atoms with Gasteiger partial charge in [-0.05, 0) is 36.4 Å². The molecule has 0 fully saturated rings. The second-order valence-electron chi connectivity index (χ2n) is 4.52. The van der Waals surface area contributed by atoms with E-state index in [9.17, 15) is 4.91 Å². The van der Waals surface area contributed by atoms with Crippen LogP contribution in [0.25, 0.3) is 22.5 Å². The Hall–Kier alpha value is -2.10. The number of hydrogen-bond donors (Lipinski definition) is 1. The highest BCUT2D eigenvalue weighted by Crippen LogP contribution is 2.28. The Bertz CT molecular complexity index is 824. The van der Waals surface area contributed by atoms with Crippen LogP contribution in [0.15, 0.2) is 60.9 Å². The van der Waals surface area contributed by atoms with Crippen LogP contribution >= 0.6 is 23.2 Å². The third-order valence-electron chi connectivity index (χ3n) is 3.15.